The van der Waals surface area contributed by atoms with Gasteiger partial charge in [0, 0.05) is 17.3 Å². The fraction of sp³-hybridized carbons (Fsp3) is 0.417. The van der Waals surface area contributed by atoms with Crippen molar-refractivity contribution in [1.29, 1.82) is 0 Å². The predicted octanol–water partition coefficient (Wildman–Crippen LogP) is 5.58. The summed E-state index contributed by atoms with van der Waals surface area (Å²) in [6, 6.07) is 15.3. The summed E-state index contributed by atoms with van der Waals surface area (Å²) in [5.74, 6) is 0.148. The van der Waals surface area contributed by atoms with Crippen LogP contribution in [-0.4, -0.2) is 16.9 Å². The second-order valence-electron chi connectivity index (χ2n) is 7.86. The minimum atomic E-state index is 0.148. The third kappa shape index (κ3) is 4.61. The van der Waals surface area contributed by atoms with E-state index in [0.717, 1.165) is 34.8 Å². The van der Waals surface area contributed by atoms with E-state index in [-0.39, 0.29) is 5.91 Å². The van der Waals surface area contributed by atoms with Crippen LogP contribution < -0.4 is 5.32 Å². The van der Waals surface area contributed by atoms with Crippen LogP contribution in [-0.2, 0) is 17.6 Å². The van der Waals surface area contributed by atoms with E-state index in [4.69, 9.17) is 4.98 Å². The van der Waals surface area contributed by atoms with Crippen molar-refractivity contribution < 1.29 is 4.79 Å². The fourth-order valence-corrected chi connectivity index (χ4v) is 5.28. The van der Waals surface area contributed by atoms with Gasteiger partial charge in [0.15, 0.2) is 0 Å². The van der Waals surface area contributed by atoms with Crippen molar-refractivity contribution in [2.24, 2.45) is 0 Å². The van der Waals surface area contributed by atoms with Crippen molar-refractivity contribution in [1.82, 2.24) is 10.3 Å². The maximum Gasteiger partial charge on any atom is 0.225 e. The van der Waals surface area contributed by atoms with Crippen molar-refractivity contribution in [3.63, 3.8) is 0 Å². The van der Waals surface area contributed by atoms with E-state index in [9.17, 15) is 4.79 Å². The zero-order valence-electron chi connectivity index (χ0n) is 16.5. The number of benzene rings is 2. The molecule has 4 rings (SSSR count). The number of carbonyl (C=O) groups is 1. The Balaban J connectivity index is 1.44. The van der Waals surface area contributed by atoms with E-state index in [0.29, 0.717) is 12.5 Å². The van der Waals surface area contributed by atoms with Crippen LogP contribution in [0.15, 0.2) is 42.5 Å². The van der Waals surface area contributed by atoms with Crippen molar-refractivity contribution in [3.05, 3.63) is 63.6 Å². The molecule has 0 spiro atoms. The molecule has 0 bridgehead atoms. The fourth-order valence-electron chi connectivity index (χ4n) is 4.19. The van der Waals surface area contributed by atoms with Gasteiger partial charge in [-0.3, -0.25) is 4.79 Å². The number of nitrogens with one attached hydrogen (secondary N) is 1. The Hall–Kier alpha value is -2.20. The normalized spacial score (nSPS) is 15.5. The van der Waals surface area contributed by atoms with Crippen molar-refractivity contribution in [3.8, 4) is 0 Å². The van der Waals surface area contributed by atoms with Crippen LogP contribution in [0.25, 0.3) is 10.8 Å². The van der Waals surface area contributed by atoms with Crippen LogP contribution in [0, 0.1) is 6.92 Å². The lowest BCUT2D eigenvalue weighted by Crippen LogP contribution is -2.35. The van der Waals surface area contributed by atoms with E-state index in [1.807, 2.05) is 6.92 Å². The highest BCUT2D eigenvalue weighted by molar-refractivity contribution is 7.11. The highest BCUT2D eigenvalue weighted by Gasteiger charge is 2.17. The number of carbonyl (C=O) groups excluding carboxylic acids is 1. The summed E-state index contributed by atoms with van der Waals surface area (Å²) in [6.07, 6.45) is 8.60. The minimum absolute atomic E-state index is 0.148. The zero-order valence-corrected chi connectivity index (χ0v) is 17.4. The van der Waals surface area contributed by atoms with Gasteiger partial charge in [-0.25, -0.2) is 4.98 Å². The van der Waals surface area contributed by atoms with Gasteiger partial charge in [0.1, 0.15) is 0 Å². The molecular formula is C24H28N2OS. The summed E-state index contributed by atoms with van der Waals surface area (Å²) in [5.41, 5.74) is 2.29. The molecule has 0 saturated heterocycles. The first-order chi connectivity index (χ1) is 13.7. The molecule has 1 aromatic heterocycles. The zero-order chi connectivity index (χ0) is 19.3. The van der Waals surface area contributed by atoms with Gasteiger partial charge in [-0.15, -0.1) is 11.3 Å². The topological polar surface area (TPSA) is 42.0 Å². The van der Waals surface area contributed by atoms with Gasteiger partial charge in [-0.2, -0.15) is 0 Å². The highest BCUT2D eigenvalue weighted by atomic mass is 32.1. The van der Waals surface area contributed by atoms with Crippen LogP contribution in [0.3, 0.4) is 0 Å². The van der Waals surface area contributed by atoms with E-state index in [2.05, 4.69) is 47.8 Å². The average Bonchev–Trinajstić information content (AvgIpc) is 2.87. The lowest BCUT2D eigenvalue weighted by molar-refractivity contribution is -0.121. The monoisotopic (exact) mass is 392 g/mol. The molecule has 3 nitrogen and oxygen atoms in total. The first-order valence-electron chi connectivity index (χ1n) is 10.4. The Morgan fingerprint density at radius 2 is 1.82 bits per heavy atom. The third-order valence-corrected chi connectivity index (χ3v) is 6.86. The average molecular weight is 393 g/mol. The number of thiazole rings is 1. The summed E-state index contributed by atoms with van der Waals surface area (Å²) < 4.78 is 0. The molecule has 3 aromatic rings. The Labute approximate surface area is 171 Å². The number of aromatic nitrogens is 1. The Morgan fingerprint density at radius 3 is 2.64 bits per heavy atom. The van der Waals surface area contributed by atoms with Gasteiger partial charge in [-0.1, -0.05) is 68.1 Å². The Kier molecular flexibility index (Phi) is 6.06. The van der Waals surface area contributed by atoms with Gasteiger partial charge >= 0.3 is 0 Å². The van der Waals surface area contributed by atoms with E-state index in [1.165, 1.54) is 42.0 Å². The number of fused-ring (bicyclic) bond motifs is 1. The maximum atomic E-state index is 12.6. The molecule has 2 aromatic carbocycles. The predicted molar refractivity (Wildman–Crippen MR) is 117 cm³/mol. The molecule has 1 saturated carbocycles. The molecule has 0 aliphatic heterocycles. The second-order valence-corrected chi connectivity index (χ2v) is 9.03. The van der Waals surface area contributed by atoms with Crippen LogP contribution in [0.5, 0.6) is 0 Å². The number of hydrogen-bond donors (Lipinski definition) is 1. The molecule has 0 atom stereocenters. The number of amides is 1. The summed E-state index contributed by atoms with van der Waals surface area (Å²) in [4.78, 5) is 18.4. The quantitative estimate of drug-likeness (QED) is 0.576. The minimum Gasteiger partial charge on any atom is -0.353 e. The van der Waals surface area contributed by atoms with E-state index >= 15 is 0 Å². The molecule has 1 fully saturated rings. The van der Waals surface area contributed by atoms with Gasteiger partial charge < -0.3 is 5.32 Å². The SMILES string of the molecule is Cc1nc(Cc2cccc3ccccc23)sc1CC(=O)NC1CCCCCC1. The smallest absolute Gasteiger partial charge is 0.225 e. The number of hydrogen-bond acceptors (Lipinski definition) is 3. The van der Waals surface area contributed by atoms with Gasteiger partial charge in [0.25, 0.3) is 0 Å². The standard InChI is InChI=1S/C24H28N2OS/c1-17-22(16-23(27)26-20-12-4-2-3-5-13-20)28-24(25-17)15-19-11-8-10-18-9-6-7-14-21(18)19/h6-11,14,20H,2-5,12-13,15-16H2,1H3,(H,26,27). The molecular weight excluding hydrogens is 364 g/mol. The van der Waals surface area contributed by atoms with Gasteiger partial charge in [0.05, 0.1) is 17.1 Å². The Bertz CT molecular complexity index is 949. The molecule has 146 valence electrons. The molecule has 1 aliphatic carbocycles. The first kappa shape index (κ1) is 19.1. The van der Waals surface area contributed by atoms with Gasteiger partial charge in [0.2, 0.25) is 5.91 Å². The molecule has 0 radical (unpaired) electrons. The summed E-state index contributed by atoms with van der Waals surface area (Å²) in [5, 5.41) is 6.89. The largest absolute Gasteiger partial charge is 0.353 e. The molecule has 28 heavy (non-hydrogen) atoms. The number of nitrogens with zero attached hydrogens (tertiary/aromatic N) is 1. The van der Waals surface area contributed by atoms with Crippen LogP contribution in [0.4, 0.5) is 0 Å². The number of rotatable bonds is 5. The molecule has 0 unspecified atom stereocenters. The van der Waals surface area contributed by atoms with Crippen molar-refractivity contribution >= 4 is 28.0 Å². The lowest BCUT2D eigenvalue weighted by atomic mass is 10.0. The number of aryl methyl sites for hydroxylation is 1. The summed E-state index contributed by atoms with van der Waals surface area (Å²) in [7, 11) is 0. The molecule has 1 amide bonds. The van der Waals surface area contributed by atoms with E-state index < -0.39 is 0 Å². The molecule has 1 heterocycles. The van der Waals surface area contributed by atoms with Crippen molar-refractivity contribution in [2.75, 3.05) is 0 Å². The van der Waals surface area contributed by atoms with Crippen LogP contribution >= 0.6 is 11.3 Å². The lowest BCUT2D eigenvalue weighted by Gasteiger charge is -2.15. The van der Waals surface area contributed by atoms with Gasteiger partial charge in [-0.05, 0) is 36.1 Å². The molecule has 1 N–H and O–H groups in total. The summed E-state index contributed by atoms with van der Waals surface area (Å²) >= 11 is 1.69. The summed E-state index contributed by atoms with van der Waals surface area (Å²) in [6.45, 7) is 2.03. The van der Waals surface area contributed by atoms with Crippen LogP contribution in [0.1, 0.15) is 59.7 Å². The van der Waals surface area contributed by atoms with Crippen LogP contribution in [0.2, 0.25) is 0 Å². The molecule has 1 aliphatic rings. The molecule has 4 heteroatoms. The second kappa shape index (κ2) is 8.87. The van der Waals surface area contributed by atoms with Crippen molar-refractivity contribution in [2.45, 2.75) is 64.3 Å². The Morgan fingerprint density at radius 1 is 1.07 bits per heavy atom. The third-order valence-electron chi connectivity index (χ3n) is 5.70. The first-order valence-corrected chi connectivity index (χ1v) is 11.2. The van der Waals surface area contributed by atoms with E-state index in [1.54, 1.807) is 11.3 Å². The maximum absolute atomic E-state index is 12.6. The highest BCUT2D eigenvalue weighted by Crippen LogP contribution is 2.26.